The first-order valence-electron chi connectivity index (χ1n) is 10.4. The normalized spacial score (nSPS) is 14.2. The van der Waals surface area contributed by atoms with Gasteiger partial charge in [0.05, 0.1) is 0 Å². The Morgan fingerprint density at radius 3 is 2.34 bits per heavy atom. The summed E-state index contributed by atoms with van der Waals surface area (Å²) >= 11 is 0. The summed E-state index contributed by atoms with van der Waals surface area (Å²) in [5.74, 6) is 1.49. The van der Waals surface area contributed by atoms with Crippen LogP contribution in [0.25, 0.3) is 6.08 Å². The van der Waals surface area contributed by atoms with Gasteiger partial charge in [-0.05, 0) is 68.0 Å². The number of benzene rings is 3. The molecule has 3 aromatic rings. The van der Waals surface area contributed by atoms with Gasteiger partial charge in [0.15, 0.2) is 0 Å². The van der Waals surface area contributed by atoms with Crippen LogP contribution >= 0.6 is 0 Å². The number of ether oxygens (including phenoxy) is 2. The van der Waals surface area contributed by atoms with Crippen molar-refractivity contribution in [1.82, 2.24) is 0 Å². The average Bonchev–Trinajstić information content (AvgIpc) is 2.78. The van der Waals surface area contributed by atoms with E-state index in [2.05, 4.69) is 16.3 Å². The number of nitrogens with two attached hydrogens (primary N) is 2. The van der Waals surface area contributed by atoms with Gasteiger partial charge in [-0.25, -0.2) is 0 Å². The molecule has 0 bridgehead atoms. The second-order valence-corrected chi connectivity index (χ2v) is 8.06. The molecule has 6 nitrogen and oxygen atoms in total. The molecule has 0 saturated heterocycles. The van der Waals surface area contributed by atoms with Crippen LogP contribution < -0.4 is 20.9 Å². The van der Waals surface area contributed by atoms with Crippen LogP contribution in [0, 0.1) is 0 Å². The SMILES string of the molecule is CC1(C)C=Cc2cc(/C(=N/N=C(N)N)c3ccc(OCc4ccccc4)cc3)ccc2O1. The van der Waals surface area contributed by atoms with Crippen LogP contribution in [0.3, 0.4) is 0 Å². The quantitative estimate of drug-likeness (QED) is 0.345. The van der Waals surface area contributed by atoms with Crippen molar-refractivity contribution < 1.29 is 9.47 Å². The highest BCUT2D eigenvalue weighted by Gasteiger charge is 2.22. The fourth-order valence-electron chi connectivity index (χ4n) is 3.37. The van der Waals surface area contributed by atoms with Gasteiger partial charge in [0.1, 0.15) is 29.4 Å². The summed E-state index contributed by atoms with van der Waals surface area (Å²) < 4.78 is 11.9. The largest absolute Gasteiger partial charge is 0.489 e. The first-order chi connectivity index (χ1) is 15.4. The Labute approximate surface area is 187 Å². The predicted octanol–water partition coefficient (Wildman–Crippen LogP) is 4.48. The summed E-state index contributed by atoms with van der Waals surface area (Å²) in [6, 6.07) is 23.6. The minimum atomic E-state index is -0.334. The van der Waals surface area contributed by atoms with Crippen molar-refractivity contribution in [3.05, 3.63) is 101 Å². The summed E-state index contributed by atoms with van der Waals surface area (Å²) in [5.41, 5.74) is 15.2. The van der Waals surface area contributed by atoms with E-state index < -0.39 is 0 Å². The molecule has 0 saturated carbocycles. The van der Waals surface area contributed by atoms with Crippen molar-refractivity contribution >= 4 is 17.7 Å². The number of hydrogen-bond donors (Lipinski definition) is 2. The third-order valence-corrected chi connectivity index (χ3v) is 4.96. The summed E-state index contributed by atoms with van der Waals surface area (Å²) in [5, 5.41) is 8.20. The minimum Gasteiger partial charge on any atom is -0.489 e. The van der Waals surface area contributed by atoms with Gasteiger partial charge in [-0.15, -0.1) is 10.2 Å². The van der Waals surface area contributed by atoms with E-state index in [1.807, 2.05) is 92.7 Å². The van der Waals surface area contributed by atoms with Crippen LogP contribution in [-0.2, 0) is 6.61 Å². The number of rotatable bonds is 6. The summed E-state index contributed by atoms with van der Waals surface area (Å²) in [6.45, 7) is 4.55. The lowest BCUT2D eigenvalue weighted by atomic mass is 9.97. The van der Waals surface area contributed by atoms with Gasteiger partial charge in [-0.3, -0.25) is 0 Å². The molecule has 4 N–H and O–H groups in total. The maximum absolute atomic E-state index is 6.03. The van der Waals surface area contributed by atoms with Crippen molar-refractivity contribution in [2.45, 2.75) is 26.1 Å². The second kappa shape index (κ2) is 8.98. The highest BCUT2D eigenvalue weighted by Crippen LogP contribution is 2.32. The average molecular weight is 427 g/mol. The molecule has 0 aromatic heterocycles. The zero-order valence-corrected chi connectivity index (χ0v) is 18.2. The molecule has 0 unspecified atom stereocenters. The molecule has 0 atom stereocenters. The van der Waals surface area contributed by atoms with Gasteiger partial charge in [-0.1, -0.05) is 36.4 Å². The fraction of sp³-hybridized carbons (Fsp3) is 0.154. The molecule has 4 rings (SSSR count). The molecule has 1 aliphatic rings. The van der Waals surface area contributed by atoms with Gasteiger partial charge in [0.25, 0.3) is 0 Å². The highest BCUT2D eigenvalue weighted by molar-refractivity contribution is 6.13. The first-order valence-corrected chi connectivity index (χ1v) is 10.4. The van der Waals surface area contributed by atoms with Crippen LogP contribution in [-0.4, -0.2) is 17.3 Å². The molecule has 0 radical (unpaired) electrons. The zero-order valence-electron chi connectivity index (χ0n) is 18.2. The van der Waals surface area contributed by atoms with Gasteiger partial charge >= 0.3 is 0 Å². The van der Waals surface area contributed by atoms with Crippen molar-refractivity contribution in [1.29, 1.82) is 0 Å². The van der Waals surface area contributed by atoms with Crippen LogP contribution in [0.1, 0.15) is 36.1 Å². The first kappa shape index (κ1) is 21.2. The number of nitrogens with zero attached hydrogens (tertiary/aromatic N) is 2. The zero-order chi connectivity index (χ0) is 22.6. The topological polar surface area (TPSA) is 95.2 Å². The van der Waals surface area contributed by atoms with Gasteiger partial charge in [0.2, 0.25) is 5.96 Å². The van der Waals surface area contributed by atoms with Gasteiger partial charge in [-0.2, -0.15) is 0 Å². The van der Waals surface area contributed by atoms with Crippen molar-refractivity contribution in [3.8, 4) is 11.5 Å². The minimum absolute atomic E-state index is 0.103. The standard InChI is InChI=1S/C26H26N4O2/c1-26(2)15-14-20-16-21(10-13-23(20)32-26)24(29-30-25(27)28)19-8-11-22(12-9-19)31-17-18-6-4-3-5-7-18/h3-16H,17H2,1-2H3,(H4,27,28,30)/b29-24+. The highest BCUT2D eigenvalue weighted by atomic mass is 16.5. The van der Waals surface area contributed by atoms with Crippen LogP contribution in [0.2, 0.25) is 0 Å². The summed E-state index contributed by atoms with van der Waals surface area (Å²) in [4.78, 5) is 0. The Hall–Kier alpha value is -4.06. The third-order valence-electron chi connectivity index (χ3n) is 4.96. The molecule has 0 fully saturated rings. The van der Waals surface area contributed by atoms with Crippen molar-refractivity contribution in [3.63, 3.8) is 0 Å². The predicted molar refractivity (Wildman–Crippen MR) is 129 cm³/mol. The molecule has 1 aliphatic heterocycles. The van der Waals surface area contributed by atoms with E-state index in [0.717, 1.165) is 33.8 Å². The van der Waals surface area contributed by atoms with E-state index in [9.17, 15) is 0 Å². The fourth-order valence-corrected chi connectivity index (χ4v) is 3.37. The maximum Gasteiger partial charge on any atom is 0.211 e. The lowest BCUT2D eigenvalue weighted by Crippen LogP contribution is -2.27. The summed E-state index contributed by atoms with van der Waals surface area (Å²) in [6.07, 6.45) is 4.09. The van der Waals surface area contributed by atoms with E-state index in [4.69, 9.17) is 20.9 Å². The Morgan fingerprint density at radius 2 is 1.62 bits per heavy atom. The second-order valence-electron chi connectivity index (χ2n) is 8.06. The molecule has 6 heteroatoms. The molecule has 0 amide bonds. The van der Waals surface area contributed by atoms with E-state index in [-0.39, 0.29) is 11.6 Å². The van der Waals surface area contributed by atoms with Crippen LogP contribution in [0.5, 0.6) is 11.5 Å². The summed E-state index contributed by atoms with van der Waals surface area (Å²) in [7, 11) is 0. The smallest absolute Gasteiger partial charge is 0.211 e. The lowest BCUT2D eigenvalue weighted by Gasteiger charge is -2.28. The third kappa shape index (κ3) is 5.16. The van der Waals surface area contributed by atoms with Gasteiger partial charge < -0.3 is 20.9 Å². The van der Waals surface area contributed by atoms with Crippen LogP contribution in [0.15, 0.2) is 89.1 Å². The van der Waals surface area contributed by atoms with Crippen LogP contribution in [0.4, 0.5) is 0 Å². The van der Waals surface area contributed by atoms with Crippen molar-refractivity contribution in [2.24, 2.45) is 21.7 Å². The maximum atomic E-state index is 6.03. The molecule has 162 valence electrons. The Kier molecular flexibility index (Phi) is 5.94. The Morgan fingerprint density at radius 1 is 0.906 bits per heavy atom. The molecular formula is C26H26N4O2. The van der Waals surface area contributed by atoms with E-state index >= 15 is 0 Å². The molecule has 0 spiro atoms. The Bertz CT molecular complexity index is 1180. The number of guanidine groups is 1. The van der Waals surface area contributed by atoms with E-state index in [0.29, 0.717) is 12.3 Å². The monoisotopic (exact) mass is 426 g/mol. The van der Waals surface area contributed by atoms with Gasteiger partial charge in [0, 0.05) is 16.7 Å². The van der Waals surface area contributed by atoms with E-state index in [1.165, 1.54) is 0 Å². The molecule has 0 aliphatic carbocycles. The molecule has 3 aromatic carbocycles. The van der Waals surface area contributed by atoms with Crippen molar-refractivity contribution in [2.75, 3.05) is 0 Å². The molecule has 32 heavy (non-hydrogen) atoms. The Balaban J connectivity index is 1.60. The van der Waals surface area contributed by atoms with E-state index in [1.54, 1.807) is 0 Å². The molecule has 1 heterocycles. The number of fused-ring (bicyclic) bond motifs is 1. The lowest BCUT2D eigenvalue weighted by molar-refractivity contribution is 0.159. The molecular weight excluding hydrogens is 400 g/mol. The number of hydrogen-bond acceptors (Lipinski definition) is 4.